The van der Waals surface area contributed by atoms with E-state index in [-0.39, 0.29) is 23.9 Å². The van der Waals surface area contributed by atoms with Crippen LogP contribution in [0.1, 0.15) is 87.6 Å². The number of hydrogen-bond acceptors (Lipinski definition) is 6. The number of hydrogen-bond donors (Lipinski definition) is 2. The zero-order valence-corrected chi connectivity index (χ0v) is 24.4. The normalized spacial score (nSPS) is 17.2. The lowest BCUT2D eigenvalue weighted by Crippen LogP contribution is -2.39. The molecule has 2 aromatic carbocycles. The van der Waals surface area contributed by atoms with Crippen LogP contribution in [0, 0.1) is 6.92 Å². The van der Waals surface area contributed by atoms with Gasteiger partial charge in [-0.05, 0) is 82.7 Å². The molecule has 2 aliphatic heterocycles. The number of fused-ring (bicyclic) bond motifs is 1. The Bertz CT molecular complexity index is 1310. The summed E-state index contributed by atoms with van der Waals surface area (Å²) in [6.07, 6.45) is 6.12. The van der Waals surface area contributed by atoms with Gasteiger partial charge in [-0.3, -0.25) is 9.59 Å². The van der Waals surface area contributed by atoms with Gasteiger partial charge in [-0.25, -0.2) is 4.98 Å². The molecule has 2 aliphatic rings. The van der Waals surface area contributed by atoms with Gasteiger partial charge in [-0.2, -0.15) is 0 Å². The van der Waals surface area contributed by atoms with E-state index in [0.29, 0.717) is 30.0 Å². The summed E-state index contributed by atoms with van der Waals surface area (Å²) in [6.45, 7) is 7.21. The van der Waals surface area contributed by atoms with E-state index >= 15 is 0 Å². The van der Waals surface area contributed by atoms with Crippen LogP contribution in [0.5, 0.6) is 5.75 Å². The number of nitrogens with zero attached hydrogens (tertiary/aromatic N) is 2. The highest BCUT2D eigenvalue weighted by atomic mass is 32.1. The van der Waals surface area contributed by atoms with E-state index < -0.39 is 0 Å². The van der Waals surface area contributed by atoms with Crippen molar-refractivity contribution in [1.82, 2.24) is 20.5 Å². The first kappa shape index (κ1) is 28.3. The summed E-state index contributed by atoms with van der Waals surface area (Å²) in [7, 11) is 0. The fourth-order valence-electron chi connectivity index (χ4n) is 5.70. The molecule has 212 valence electrons. The molecular weight excluding hydrogens is 520 g/mol. The van der Waals surface area contributed by atoms with E-state index in [2.05, 4.69) is 34.7 Å². The van der Waals surface area contributed by atoms with Crippen LogP contribution < -0.4 is 15.4 Å². The SMILES string of the molecule is CCCNCC[C@H](Cc1ccccc1)NC(=O)c1cc2c(c(C(=O)N3CCC[C@@H]3c3nc(C)cs3)c1)CCCO2. The number of nitrogens with one attached hydrogen (secondary N) is 2. The van der Waals surface area contributed by atoms with Crippen molar-refractivity contribution in [3.8, 4) is 5.75 Å². The molecule has 5 rings (SSSR count). The molecule has 3 aromatic rings. The number of amides is 2. The molecule has 2 amide bonds. The molecule has 0 unspecified atom stereocenters. The van der Waals surface area contributed by atoms with Gasteiger partial charge in [-0.1, -0.05) is 37.3 Å². The number of carbonyl (C=O) groups excluding carboxylic acids is 2. The molecular formula is C32H40N4O3S. The number of benzene rings is 2. The van der Waals surface area contributed by atoms with Crippen LogP contribution in [0.4, 0.5) is 0 Å². The fraction of sp³-hybridized carbons (Fsp3) is 0.469. The average molecular weight is 561 g/mol. The predicted octanol–water partition coefficient (Wildman–Crippen LogP) is 5.48. The zero-order valence-electron chi connectivity index (χ0n) is 23.6. The molecule has 0 spiro atoms. The third-order valence-corrected chi connectivity index (χ3v) is 8.79. The van der Waals surface area contributed by atoms with Crippen LogP contribution in [-0.4, -0.2) is 54.0 Å². The van der Waals surface area contributed by atoms with Crippen molar-refractivity contribution in [2.75, 3.05) is 26.2 Å². The molecule has 7 nitrogen and oxygen atoms in total. The minimum atomic E-state index is -0.170. The van der Waals surface area contributed by atoms with Gasteiger partial charge in [0.25, 0.3) is 11.8 Å². The van der Waals surface area contributed by atoms with Gasteiger partial charge < -0.3 is 20.3 Å². The summed E-state index contributed by atoms with van der Waals surface area (Å²) in [6, 6.07) is 13.8. The Labute approximate surface area is 241 Å². The maximum Gasteiger partial charge on any atom is 0.254 e. The summed E-state index contributed by atoms with van der Waals surface area (Å²) in [5, 5.41) is 9.76. The molecule has 3 heterocycles. The van der Waals surface area contributed by atoms with E-state index in [1.165, 1.54) is 5.56 Å². The Balaban J connectivity index is 1.39. The van der Waals surface area contributed by atoms with Crippen molar-refractivity contribution in [2.45, 2.75) is 70.9 Å². The smallest absolute Gasteiger partial charge is 0.254 e. The number of ether oxygens (including phenoxy) is 1. The van der Waals surface area contributed by atoms with Crippen molar-refractivity contribution >= 4 is 23.2 Å². The molecule has 1 saturated heterocycles. The second-order valence-corrected chi connectivity index (χ2v) is 11.7. The Hall–Kier alpha value is -3.23. The maximum atomic E-state index is 14.1. The highest BCUT2D eigenvalue weighted by molar-refractivity contribution is 7.09. The minimum Gasteiger partial charge on any atom is -0.493 e. The number of aryl methyl sites for hydroxylation is 1. The first-order chi connectivity index (χ1) is 19.5. The average Bonchev–Trinajstić information content (AvgIpc) is 3.64. The van der Waals surface area contributed by atoms with E-state index in [0.717, 1.165) is 74.3 Å². The Morgan fingerprint density at radius 1 is 1.18 bits per heavy atom. The summed E-state index contributed by atoms with van der Waals surface area (Å²) < 4.78 is 6.00. The molecule has 1 aromatic heterocycles. The van der Waals surface area contributed by atoms with Gasteiger partial charge in [0.2, 0.25) is 0 Å². The number of aromatic nitrogens is 1. The van der Waals surface area contributed by atoms with Crippen LogP contribution in [0.2, 0.25) is 0 Å². The molecule has 40 heavy (non-hydrogen) atoms. The molecule has 8 heteroatoms. The van der Waals surface area contributed by atoms with Gasteiger partial charge in [0.1, 0.15) is 10.8 Å². The van der Waals surface area contributed by atoms with Gasteiger partial charge in [-0.15, -0.1) is 11.3 Å². The van der Waals surface area contributed by atoms with Crippen LogP contribution in [0.25, 0.3) is 0 Å². The van der Waals surface area contributed by atoms with Gasteiger partial charge in [0.15, 0.2) is 0 Å². The highest BCUT2D eigenvalue weighted by Crippen LogP contribution is 2.37. The second kappa shape index (κ2) is 13.4. The topological polar surface area (TPSA) is 83.6 Å². The lowest BCUT2D eigenvalue weighted by Gasteiger charge is -2.27. The Kier molecular flexibility index (Phi) is 9.49. The van der Waals surface area contributed by atoms with E-state index in [1.54, 1.807) is 17.4 Å². The van der Waals surface area contributed by atoms with Gasteiger partial charge in [0.05, 0.1) is 12.6 Å². The van der Waals surface area contributed by atoms with Gasteiger partial charge >= 0.3 is 0 Å². The Morgan fingerprint density at radius 2 is 2.02 bits per heavy atom. The minimum absolute atomic E-state index is 0.0188. The monoisotopic (exact) mass is 560 g/mol. The zero-order chi connectivity index (χ0) is 27.9. The first-order valence-electron chi connectivity index (χ1n) is 14.6. The van der Waals surface area contributed by atoms with Crippen LogP contribution in [0.3, 0.4) is 0 Å². The molecule has 0 saturated carbocycles. The number of rotatable bonds is 11. The summed E-state index contributed by atoms with van der Waals surface area (Å²) in [4.78, 5) is 34.4. The summed E-state index contributed by atoms with van der Waals surface area (Å²) in [5.41, 5.74) is 4.15. The molecule has 2 atom stereocenters. The second-order valence-electron chi connectivity index (χ2n) is 10.8. The highest BCUT2D eigenvalue weighted by Gasteiger charge is 2.35. The maximum absolute atomic E-state index is 14.1. The van der Waals surface area contributed by atoms with E-state index in [4.69, 9.17) is 4.74 Å². The quantitative estimate of drug-likeness (QED) is 0.303. The first-order valence-corrected chi connectivity index (χ1v) is 15.5. The largest absolute Gasteiger partial charge is 0.493 e. The van der Waals surface area contributed by atoms with E-state index in [1.807, 2.05) is 41.5 Å². The van der Waals surface area contributed by atoms with E-state index in [9.17, 15) is 9.59 Å². The van der Waals surface area contributed by atoms with Crippen molar-refractivity contribution < 1.29 is 14.3 Å². The molecule has 2 N–H and O–H groups in total. The number of likely N-dealkylation sites (tertiary alicyclic amines) is 1. The van der Waals surface area contributed by atoms with Crippen molar-refractivity contribution in [3.63, 3.8) is 0 Å². The lowest BCUT2D eigenvalue weighted by molar-refractivity contribution is 0.0733. The van der Waals surface area contributed by atoms with Crippen molar-refractivity contribution in [1.29, 1.82) is 0 Å². The summed E-state index contributed by atoms with van der Waals surface area (Å²) in [5.74, 6) is 0.458. The molecule has 0 aliphatic carbocycles. The van der Waals surface area contributed by atoms with Crippen molar-refractivity contribution in [3.05, 3.63) is 80.8 Å². The number of carbonyl (C=O) groups is 2. The van der Waals surface area contributed by atoms with Crippen LogP contribution in [-0.2, 0) is 12.8 Å². The fourth-order valence-corrected chi connectivity index (χ4v) is 6.65. The Morgan fingerprint density at radius 3 is 2.80 bits per heavy atom. The van der Waals surface area contributed by atoms with Crippen LogP contribution in [0.15, 0.2) is 47.8 Å². The third-order valence-electron chi connectivity index (χ3n) is 7.72. The molecule has 1 fully saturated rings. The standard InChI is InChI=1S/C32H40N4O3S/c1-3-14-33-15-13-25(18-23-9-5-4-6-10-23)35-30(37)24-19-27(26-11-8-17-39-29(26)20-24)32(38)36-16-7-12-28(36)31-34-22(2)21-40-31/h4-6,9-10,19-21,25,28,33H,3,7-8,11-18H2,1-2H3,(H,35,37)/t25-,28-/m1/s1. The number of thiazole rings is 1. The lowest BCUT2D eigenvalue weighted by atomic mass is 9.95. The predicted molar refractivity (Wildman–Crippen MR) is 159 cm³/mol. The molecule has 0 radical (unpaired) electrons. The van der Waals surface area contributed by atoms with Gasteiger partial charge in [0, 0.05) is 40.4 Å². The van der Waals surface area contributed by atoms with Crippen molar-refractivity contribution in [2.24, 2.45) is 0 Å². The molecule has 0 bridgehead atoms. The third kappa shape index (κ3) is 6.73. The summed E-state index contributed by atoms with van der Waals surface area (Å²) >= 11 is 1.62. The van der Waals surface area contributed by atoms with Crippen LogP contribution >= 0.6 is 11.3 Å².